The van der Waals surface area contributed by atoms with Crippen molar-refractivity contribution in [2.75, 3.05) is 26.2 Å². The van der Waals surface area contributed by atoms with Crippen LogP contribution in [0.2, 0.25) is 0 Å². The van der Waals surface area contributed by atoms with Crippen molar-refractivity contribution < 1.29 is 33.3 Å². The Bertz CT molecular complexity index is 296. The van der Waals surface area contributed by atoms with E-state index in [2.05, 4.69) is 0 Å². The van der Waals surface area contributed by atoms with Gasteiger partial charge in [-0.15, -0.1) is 0 Å². The van der Waals surface area contributed by atoms with Gasteiger partial charge in [0, 0.05) is 13.1 Å². The number of aliphatic carboxylic acids is 1. The molecular weight excluding hydrogens is 243 g/mol. The van der Waals surface area contributed by atoms with Crippen molar-refractivity contribution in [1.82, 2.24) is 4.90 Å². The van der Waals surface area contributed by atoms with E-state index in [-0.39, 0.29) is 13.1 Å². The van der Waals surface area contributed by atoms with E-state index in [1.54, 1.807) is 0 Å². The van der Waals surface area contributed by atoms with Gasteiger partial charge in [0.25, 0.3) is 0 Å². The number of rotatable bonds is 4. The lowest BCUT2D eigenvalue weighted by molar-refractivity contribution is -0.227. The molecule has 1 aliphatic heterocycles. The standard InChI is InChI=1S/C9H14F3NO4/c10-9(11,12)8(7(16)17)1-2-13(5-8)3-6(15)4-14/h6,14-15H,1-5H2,(H,16,17). The van der Waals surface area contributed by atoms with E-state index in [1.807, 2.05) is 0 Å². The SMILES string of the molecule is O=C(O)C1(C(F)(F)F)CCN(CC(O)CO)C1. The lowest BCUT2D eigenvalue weighted by Gasteiger charge is -2.27. The summed E-state index contributed by atoms with van der Waals surface area (Å²) in [6, 6.07) is 0. The Labute approximate surface area is 95.5 Å². The fraction of sp³-hybridized carbons (Fsp3) is 0.889. The monoisotopic (exact) mass is 257 g/mol. The largest absolute Gasteiger partial charge is 0.481 e. The number of halogens is 3. The highest BCUT2D eigenvalue weighted by Gasteiger charge is 2.63. The van der Waals surface area contributed by atoms with Crippen molar-refractivity contribution in [2.45, 2.75) is 18.7 Å². The Morgan fingerprint density at radius 1 is 1.47 bits per heavy atom. The lowest BCUT2D eigenvalue weighted by Crippen LogP contribution is -2.47. The number of likely N-dealkylation sites (tertiary alicyclic amines) is 1. The van der Waals surface area contributed by atoms with Crippen LogP contribution in [0.1, 0.15) is 6.42 Å². The minimum absolute atomic E-state index is 0.0666. The number of aliphatic hydroxyl groups excluding tert-OH is 2. The Morgan fingerprint density at radius 2 is 2.06 bits per heavy atom. The van der Waals surface area contributed by atoms with Crippen molar-refractivity contribution >= 4 is 5.97 Å². The van der Waals surface area contributed by atoms with Gasteiger partial charge in [-0.3, -0.25) is 9.69 Å². The summed E-state index contributed by atoms with van der Waals surface area (Å²) in [5.74, 6) is -1.90. The van der Waals surface area contributed by atoms with Gasteiger partial charge in [0.2, 0.25) is 0 Å². The van der Waals surface area contributed by atoms with Gasteiger partial charge in [-0.2, -0.15) is 13.2 Å². The molecule has 8 heteroatoms. The van der Waals surface area contributed by atoms with Gasteiger partial charge in [0.05, 0.1) is 12.7 Å². The third-order valence-electron chi connectivity index (χ3n) is 2.98. The highest BCUT2D eigenvalue weighted by Crippen LogP contribution is 2.45. The number of alkyl halides is 3. The Hall–Kier alpha value is -0.860. The van der Waals surface area contributed by atoms with Crippen LogP contribution in [0.25, 0.3) is 0 Å². The maximum absolute atomic E-state index is 12.7. The number of hydrogen-bond acceptors (Lipinski definition) is 4. The first-order chi connectivity index (χ1) is 7.73. The molecule has 100 valence electrons. The Morgan fingerprint density at radius 3 is 2.41 bits per heavy atom. The van der Waals surface area contributed by atoms with E-state index in [0.29, 0.717) is 0 Å². The van der Waals surface area contributed by atoms with Gasteiger partial charge >= 0.3 is 12.1 Å². The number of carboxylic acid groups (broad SMARTS) is 1. The average molecular weight is 257 g/mol. The van der Waals surface area contributed by atoms with Gasteiger partial charge in [-0.05, 0) is 13.0 Å². The highest BCUT2D eigenvalue weighted by atomic mass is 19.4. The molecule has 0 amide bonds. The van der Waals surface area contributed by atoms with Crippen LogP contribution >= 0.6 is 0 Å². The molecule has 0 bridgehead atoms. The molecule has 17 heavy (non-hydrogen) atoms. The van der Waals surface area contributed by atoms with Crippen molar-refractivity contribution in [3.8, 4) is 0 Å². The summed E-state index contributed by atoms with van der Waals surface area (Å²) in [5.41, 5.74) is -2.76. The third-order valence-corrected chi connectivity index (χ3v) is 2.98. The zero-order valence-electron chi connectivity index (χ0n) is 8.94. The zero-order chi connectivity index (χ0) is 13.3. The number of β-amino-alcohol motifs (C(OH)–C–C–N with tert-alkyl or cyclic N) is 1. The van der Waals surface area contributed by atoms with Crippen LogP contribution in [0.15, 0.2) is 0 Å². The van der Waals surface area contributed by atoms with Crippen molar-refractivity contribution in [2.24, 2.45) is 5.41 Å². The van der Waals surface area contributed by atoms with Crippen LogP contribution in [0.4, 0.5) is 13.2 Å². The fourth-order valence-electron chi connectivity index (χ4n) is 1.93. The second-order valence-electron chi connectivity index (χ2n) is 4.21. The van der Waals surface area contributed by atoms with E-state index < -0.39 is 43.2 Å². The van der Waals surface area contributed by atoms with Crippen LogP contribution in [0, 0.1) is 5.41 Å². The molecule has 0 aromatic rings. The maximum atomic E-state index is 12.7. The van der Waals surface area contributed by atoms with Crippen molar-refractivity contribution in [3.05, 3.63) is 0 Å². The van der Waals surface area contributed by atoms with Gasteiger partial charge < -0.3 is 15.3 Å². The first kappa shape index (κ1) is 14.2. The minimum Gasteiger partial charge on any atom is -0.481 e. The minimum atomic E-state index is -4.82. The van der Waals surface area contributed by atoms with Crippen LogP contribution in [-0.4, -0.2) is 64.7 Å². The van der Waals surface area contributed by atoms with Crippen molar-refractivity contribution in [1.29, 1.82) is 0 Å². The first-order valence-electron chi connectivity index (χ1n) is 5.04. The molecule has 0 aliphatic carbocycles. The molecule has 2 unspecified atom stereocenters. The second-order valence-corrected chi connectivity index (χ2v) is 4.21. The van der Waals surface area contributed by atoms with Crippen LogP contribution in [0.5, 0.6) is 0 Å². The molecule has 1 fully saturated rings. The molecular formula is C9H14F3NO4. The topological polar surface area (TPSA) is 81.0 Å². The number of carboxylic acids is 1. The Balaban J connectivity index is 2.77. The summed E-state index contributed by atoms with van der Waals surface area (Å²) < 4.78 is 38.2. The maximum Gasteiger partial charge on any atom is 0.406 e. The van der Waals surface area contributed by atoms with Crippen molar-refractivity contribution in [3.63, 3.8) is 0 Å². The zero-order valence-corrected chi connectivity index (χ0v) is 8.94. The molecule has 5 nitrogen and oxygen atoms in total. The molecule has 0 aromatic heterocycles. The normalized spacial score (nSPS) is 28.3. The molecule has 3 N–H and O–H groups in total. The summed E-state index contributed by atoms with van der Waals surface area (Å²) in [6.07, 6.45) is -6.52. The second kappa shape index (κ2) is 4.79. The van der Waals surface area contributed by atoms with E-state index in [4.69, 9.17) is 15.3 Å². The predicted octanol–water partition coefficient (Wildman–Crippen LogP) is -0.321. The smallest absolute Gasteiger partial charge is 0.406 e. The van der Waals surface area contributed by atoms with E-state index in [1.165, 1.54) is 4.90 Å². The number of hydrogen-bond donors (Lipinski definition) is 3. The summed E-state index contributed by atoms with van der Waals surface area (Å²) in [4.78, 5) is 12.0. The fourth-order valence-corrected chi connectivity index (χ4v) is 1.93. The first-order valence-corrected chi connectivity index (χ1v) is 5.04. The third kappa shape index (κ3) is 2.70. The molecule has 0 spiro atoms. The van der Waals surface area contributed by atoms with E-state index in [9.17, 15) is 18.0 Å². The Kier molecular flexibility index (Phi) is 4.00. The van der Waals surface area contributed by atoms with Gasteiger partial charge in [0.15, 0.2) is 5.41 Å². The van der Waals surface area contributed by atoms with Crippen LogP contribution in [0.3, 0.4) is 0 Å². The molecule has 1 heterocycles. The molecule has 0 radical (unpaired) electrons. The molecule has 1 rings (SSSR count). The molecule has 0 saturated carbocycles. The van der Waals surface area contributed by atoms with Crippen LogP contribution in [-0.2, 0) is 4.79 Å². The predicted molar refractivity (Wildman–Crippen MR) is 50.3 cm³/mol. The van der Waals surface area contributed by atoms with Gasteiger partial charge in [0.1, 0.15) is 0 Å². The summed E-state index contributed by atoms with van der Waals surface area (Å²) in [5, 5.41) is 26.4. The summed E-state index contributed by atoms with van der Waals surface area (Å²) in [7, 11) is 0. The molecule has 1 saturated heterocycles. The average Bonchev–Trinajstić information content (AvgIpc) is 2.62. The van der Waals surface area contributed by atoms with E-state index in [0.717, 1.165) is 0 Å². The molecule has 0 aromatic carbocycles. The number of carbonyl (C=O) groups is 1. The quantitative estimate of drug-likeness (QED) is 0.643. The van der Waals surface area contributed by atoms with Crippen LogP contribution < -0.4 is 0 Å². The number of nitrogens with zero attached hydrogens (tertiary/aromatic N) is 1. The van der Waals surface area contributed by atoms with Gasteiger partial charge in [-0.1, -0.05) is 0 Å². The van der Waals surface area contributed by atoms with E-state index >= 15 is 0 Å². The van der Waals surface area contributed by atoms with Gasteiger partial charge in [-0.25, -0.2) is 0 Å². The molecule has 2 atom stereocenters. The summed E-state index contributed by atoms with van der Waals surface area (Å²) in [6.45, 7) is -1.49. The highest BCUT2D eigenvalue weighted by molar-refractivity contribution is 5.76. The summed E-state index contributed by atoms with van der Waals surface area (Å²) >= 11 is 0. The number of aliphatic hydroxyl groups is 2. The molecule has 1 aliphatic rings. The lowest BCUT2D eigenvalue weighted by atomic mass is 9.86.